The summed E-state index contributed by atoms with van der Waals surface area (Å²) in [6.07, 6.45) is -0.125. The van der Waals surface area contributed by atoms with Crippen molar-refractivity contribution in [1.29, 1.82) is 0 Å². The lowest BCUT2D eigenvalue weighted by Gasteiger charge is -2.17. The molecule has 1 atom stereocenters. The third-order valence-electron chi connectivity index (χ3n) is 3.14. The van der Waals surface area contributed by atoms with Gasteiger partial charge in [0.05, 0.1) is 6.10 Å². The van der Waals surface area contributed by atoms with Gasteiger partial charge < -0.3 is 13.3 Å². The largest absolute Gasteiger partial charge is 0.577 e. The monoisotopic (exact) mass is 305 g/mol. The molecule has 0 saturated heterocycles. The summed E-state index contributed by atoms with van der Waals surface area (Å²) in [6, 6.07) is 14.4. The van der Waals surface area contributed by atoms with Gasteiger partial charge in [-0.1, -0.05) is 36.4 Å². The van der Waals surface area contributed by atoms with E-state index in [1.54, 1.807) is 20.3 Å². The van der Waals surface area contributed by atoms with Gasteiger partial charge in [0, 0.05) is 14.2 Å². The van der Waals surface area contributed by atoms with E-state index in [9.17, 15) is 4.39 Å². The summed E-state index contributed by atoms with van der Waals surface area (Å²) in [7, 11) is 1.45. The predicted octanol–water partition coefficient (Wildman–Crippen LogP) is 3.85. The van der Waals surface area contributed by atoms with Crippen molar-refractivity contribution in [3.8, 4) is 11.1 Å². The van der Waals surface area contributed by atoms with Gasteiger partial charge in [-0.05, 0) is 35.7 Å². The van der Waals surface area contributed by atoms with Crippen LogP contribution in [0.4, 0.5) is 4.39 Å². The lowest BCUT2D eigenvalue weighted by Crippen LogP contribution is -2.25. The highest BCUT2D eigenvalue weighted by Gasteiger charge is 2.19. The van der Waals surface area contributed by atoms with Gasteiger partial charge in [0.15, 0.2) is 0 Å². The molecule has 0 heterocycles. The molecule has 2 rings (SSSR count). The smallest absolute Gasteiger partial charge is 0.375 e. The number of hydrogen-bond acceptors (Lipinski definition) is 3. The van der Waals surface area contributed by atoms with Gasteiger partial charge in [-0.15, -0.1) is 0 Å². The Morgan fingerprint density at radius 1 is 0.952 bits per heavy atom. The number of rotatable bonds is 6. The molecule has 2 aromatic carbocycles. The topological polar surface area (TPSA) is 27.7 Å². The molecule has 0 aliphatic rings. The van der Waals surface area contributed by atoms with Crippen LogP contribution in [0.25, 0.3) is 11.1 Å². The number of hydrogen-bond donors (Lipinski definition) is 0. The molecule has 0 amide bonds. The van der Waals surface area contributed by atoms with Crippen molar-refractivity contribution in [3.05, 3.63) is 59.9 Å². The second-order valence-corrected chi connectivity index (χ2v) is 6.10. The van der Waals surface area contributed by atoms with Crippen LogP contribution < -0.4 is 0 Å². The quantitative estimate of drug-likeness (QED) is 0.759. The Bertz CT molecular complexity index is 570. The summed E-state index contributed by atoms with van der Waals surface area (Å²) < 4.78 is 29.2. The van der Waals surface area contributed by atoms with Gasteiger partial charge in [0.1, 0.15) is 5.82 Å². The second-order valence-electron chi connectivity index (χ2n) is 4.55. The summed E-state index contributed by atoms with van der Waals surface area (Å²) in [5.41, 5.74) is 2.84. The van der Waals surface area contributed by atoms with Crippen LogP contribution in [-0.2, 0) is 13.3 Å². The molecule has 2 aromatic rings. The van der Waals surface area contributed by atoms with E-state index >= 15 is 0 Å². The van der Waals surface area contributed by atoms with Crippen LogP contribution in [0.2, 0.25) is 0 Å². The zero-order chi connectivity index (χ0) is 15.2. The van der Waals surface area contributed by atoms with Crippen LogP contribution in [0.1, 0.15) is 18.6 Å². The molecule has 21 heavy (non-hydrogen) atoms. The third-order valence-corrected chi connectivity index (χ3v) is 4.36. The highest BCUT2D eigenvalue weighted by molar-refractivity contribution is 6.36. The lowest BCUT2D eigenvalue weighted by atomic mass is 10.0. The minimum absolute atomic E-state index is 0.125. The lowest BCUT2D eigenvalue weighted by molar-refractivity contribution is 0.0951. The molecule has 3 nitrogen and oxygen atoms in total. The maximum absolute atomic E-state index is 13.2. The SMILES string of the molecule is CO[Si](OC)OC(C)c1ccc(-c2cccc(F)c2)cc1. The van der Waals surface area contributed by atoms with Gasteiger partial charge in [-0.2, -0.15) is 0 Å². The standard InChI is InChI=1S/C16H18FO3Si/c1-12(20-21(18-2)19-3)13-7-9-14(10-8-13)15-5-4-6-16(17)11-15/h4-12H,1-3H3. The average Bonchev–Trinajstić information content (AvgIpc) is 2.52. The van der Waals surface area contributed by atoms with Gasteiger partial charge in [-0.25, -0.2) is 4.39 Å². The first-order valence-electron chi connectivity index (χ1n) is 6.61. The van der Waals surface area contributed by atoms with Gasteiger partial charge in [0.25, 0.3) is 0 Å². The molecule has 5 heteroatoms. The summed E-state index contributed by atoms with van der Waals surface area (Å²) >= 11 is 0. The molecule has 0 spiro atoms. The molecule has 111 valence electrons. The van der Waals surface area contributed by atoms with Crippen molar-refractivity contribution >= 4 is 9.53 Å². The molecular formula is C16H18FO3Si. The summed E-state index contributed by atoms with van der Waals surface area (Å²) in [4.78, 5) is 0. The fourth-order valence-electron chi connectivity index (χ4n) is 2.01. The van der Waals surface area contributed by atoms with Crippen LogP contribution >= 0.6 is 0 Å². The van der Waals surface area contributed by atoms with Crippen molar-refractivity contribution in [2.24, 2.45) is 0 Å². The maximum Gasteiger partial charge on any atom is 0.577 e. The van der Waals surface area contributed by atoms with E-state index in [2.05, 4.69) is 0 Å². The third kappa shape index (κ3) is 4.22. The van der Waals surface area contributed by atoms with Gasteiger partial charge in [-0.3, -0.25) is 0 Å². The fraction of sp³-hybridized carbons (Fsp3) is 0.250. The Kier molecular flexibility index (Phi) is 5.64. The Hall–Kier alpha value is -1.53. The Labute approximate surface area is 126 Å². The summed E-state index contributed by atoms with van der Waals surface area (Å²) in [5, 5.41) is 0. The number of halogens is 1. The molecule has 1 unspecified atom stereocenters. The van der Waals surface area contributed by atoms with Crippen molar-refractivity contribution in [2.75, 3.05) is 14.2 Å². The molecule has 0 aliphatic heterocycles. The predicted molar refractivity (Wildman–Crippen MR) is 81.1 cm³/mol. The second kappa shape index (κ2) is 7.47. The molecular weight excluding hydrogens is 287 g/mol. The zero-order valence-corrected chi connectivity index (χ0v) is 13.3. The fourth-order valence-corrected chi connectivity index (χ4v) is 2.79. The Morgan fingerprint density at radius 2 is 1.62 bits per heavy atom. The molecule has 0 aromatic heterocycles. The minimum Gasteiger partial charge on any atom is -0.375 e. The van der Waals surface area contributed by atoms with E-state index < -0.39 is 9.53 Å². The first-order valence-corrected chi connectivity index (χ1v) is 7.84. The van der Waals surface area contributed by atoms with E-state index in [-0.39, 0.29) is 11.9 Å². The Morgan fingerprint density at radius 3 is 2.19 bits per heavy atom. The van der Waals surface area contributed by atoms with E-state index in [0.717, 1.165) is 16.7 Å². The van der Waals surface area contributed by atoms with Crippen molar-refractivity contribution in [1.82, 2.24) is 0 Å². The zero-order valence-electron chi connectivity index (χ0n) is 12.3. The molecule has 1 radical (unpaired) electrons. The first kappa shape index (κ1) is 15.8. The van der Waals surface area contributed by atoms with E-state index in [1.165, 1.54) is 12.1 Å². The van der Waals surface area contributed by atoms with Crippen LogP contribution in [-0.4, -0.2) is 23.7 Å². The van der Waals surface area contributed by atoms with Crippen LogP contribution in [0, 0.1) is 5.82 Å². The van der Waals surface area contributed by atoms with Crippen molar-refractivity contribution in [3.63, 3.8) is 0 Å². The van der Waals surface area contributed by atoms with Crippen LogP contribution in [0.15, 0.2) is 48.5 Å². The van der Waals surface area contributed by atoms with Crippen molar-refractivity contribution < 1.29 is 17.7 Å². The van der Waals surface area contributed by atoms with E-state index in [4.69, 9.17) is 13.3 Å². The van der Waals surface area contributed by atoms with E-state index in [0.29, 0.717) is 0 Å². The maximum atomic E-state index is 13.2. The number of benzene rings is 2. The van der Waals surface area contributed by atoms with E-state index in [1.807, 2.05) is 37.3 Å². The molecule has 0 N–H and O–H groups in total. The van der Waals surface area contributed by atoms with Crippen molar-refractivity contribution in [2.45, 2.75) is 13.0 Å². The average molecular weight is 305 g/mol. The summed E-state index contributed by atoms with van der Waals surface area (Å²) in [6.45, 7) is 1.94. The molecule has 0 fully saturated rings. The Balaban J connectivity index is 2.11. The van der Waals surface area contributed by atoms with Crippen LogP contribution in [0.3, 0.4) is 0 Å². The normalized spacial score (nSPS) is 12.6. The van der Waals surface area contributed by atoms with Crippen LogP contribution in [0.5, 0.6) is 0 Å². The molecule has 0 bridgehead atoms. The minimum atomic E-state index is -1.69. The molecule has 0 saturated carbocycles. The highest BCUT2D eigenvalue weighted by atomic mass is 28.3. The van der Waals surface area contributed by atoms with Gasteiger partial charge in [0.2, 0.25) is 0 Å². The highest BCUT2D eigenvalue weighted by Crippen LogP contribution is 2.24. The summed E-state index contributed by atoms with van der Waals surface area (Å²) in [5.74, 6) is -0.235. The molecule has 0 aliphatic carbocycles. The van der Waals surface area contributed by atoms with Gasteiger partial charge >= 0.3 is 9.53 Å². The first-order chi connectivity index (χ1) is 10.1.